The van der Waals surface area contributed by atoms with E-state index in [9.17, 15) is 13.2 Å². The molecule has 3 aliphatic heterocycles. The Morgan fingerprint density at radius 3 is 2.40 bits per heavy atom. The molecule has 0 aliphatic carbocycles. The Bertz CT molecular complexity index is 1160. The van der Waals surface area contributed by atoms with Crippen molar-refractivity contribution in [2.45, 2.75) is 56.0 Å². The van der Waals surface area contributed by atoms with E-state index in [0.29, 0.717) is 26.3 Å². The van der Waals surface area contributed by atoms with E-state index >= 15 is 0 Å². The van der Waals surface area contributed by atoms with Crippen LogP contribution in [0.5, 0.6) is 5.75 Å². The van der Waals surface area contributed by atoms with Gasteiger partial charge in [-0.3, -0.25) is 0 Å². The van der Waals surface area contributed by atoms with Gasteiger partial charge in [0.05, 0.1) is 19.0 Å². The Hall–Kier alpha value is -2.58. The fraction of sp³-hybridized carbons (Fsp3) is 0.519. The summed E-state index contributed by atoms with van der Waals surface area (Å²) in [7, 11) is -3.05. The summed E-state index contributed by atoms with van der Waals surface area (Å²) in [6.07, 6.45) is 6.02. The van der Waals surface area contributed by atoms with E-state index in [4.69, 9.17) is 14.2 Å². The second-order valence-corrected chi connectivity index (χ2v) is 12.2. The first-order chi connectivity index (χ1) is 16.8. The average molecular weight is 500 g/mol. The van der Waals surface area contributed by atoms with Gasteiger partial charge in [-0.25, -0.2) is 13.2 Å². The minimum Gasteiger partial charge on any atom is -0.487 e. The number of sulfone groups is 1. The second kappa shape index (κ2) is 9.82. The van der Waals surface area contributed by atoms with Gasteiger partial charge < -0.3 is 19.1 Å². The maximum absolute atomic E-state index is 12.6. The third kappa shape index (κ3) is 5.81. The zero-order valence-electron chi connectivity index (χ0n) is 20.2. The Morgan fingerprint density at radius 1 is 1.03 bits per heavy atom. The quantitative estimate of drug-likeness (QED) is 0.621. The summed E-state index contributed by atoms with van der Waals surface area (Å²) in [6, 6.07) is 14.0. The van der Waals surface area contributed by atoms with Crippen molar-refractivity contribution in [3.05, 3.63) is 53.6 Å². The van der Waals surface area contributed by atoms with Crippen LogP contribution < -0.4 is 4.74 Å². The Balaban J connectivity index is 1.20. The van der Waals surface area contributed by atoms with E-state index in [1.807, 2.05) is 35.2 Å². The Kier molecular flexibility index (Phi) is 6.77. The zero-order valence-corrected chi connectivity index (χ0v) is 21.0. The lowest BCUT2D eigenvalue weighted by atomic mass is 9.82. The van der Waals surface area contributed by atoms with Crippen LogP contribution in [0.4, 0.5) is 4.79 Å². The number of piperidine rings is 1. The number of amides is 1. The van der Waals surface area contributed by atoms with Crippen LogP contribution >= 0.6 is 0 Å². The topological polar surface area (TPSA) is 82.1 Å². The van der Waals surface area contributed by atoms with Gasteiger partial charge in [0.2, 0.25) is 0 Å². The van der Waals surface area contributed by atoms with E-state index in [-0.39, 0.29) is 23.6 Å². The lowest BCUT2D eigenvalue weighted by Gasteiger charge is -2.44. The molecule has 8 heteroatoms. The normalized spacial score (nSPS) is 20.2. The molecule has 3 aliphatic rings. The summed E-state index contributed by atoms with van der Waals surface area (Å²) in [6.45, 7) is 2.61. The predicted molar refractivity (Wildman–Crippen MR) is 133 cm³/mol. The van der Waals surface area contributed by atoms with E-state index in [1.165, 1.54) is 11.8 Å². The van der Waals surface area contributed by atoms with E-state index < -0.39 is 9.84 Å². The highest BCUT2D eigenvalue weighted by Gasteiger charge is 2.41. The highest BCUT2D eigenvalue weighted by molar-refractivity contribution is 7.89. The number of benzene rings is 2. The molecule has 0 atom stereocenters. The molecule has 0 aromatic heterocycles. The maximum Gasteiger partial charge on any atom is 0.410 e. The van der Waals surface area contributed by atoms with Crippen molar-refractivity contribution in [3.63, 3.8) is 0 Å². The first kappa shape index (κ1) is 24.1. The molecule has 2 aromatic carbocycles. The highest BCUT2D eigenvalue weighted by atomic mass is 32.2. The van der Waals surface area contributed by atoms with Gasteiger partial charge >= 0.3 is 6.09 Å². The van der Waals surface area contributed by atoms with Gasteiger partial charge in [-0.1, -0.05) is 30.3 Å². The lowest BCUT2D eigenvalue weighted by molar-refractivity contribution is -0.0343. The molecule has 0 unspecified atom stereocenters. The molecule has 188 valence electrons. The van der Waals surface area contributed by atoms with Crippen molar-refractivity contribution < 1.29 is 27.4 Å². The Morgan fingerprint density at radius 2 is 1.71 bits per heavy atom. The molecule has 0 saturated carbocycles. The third-order valence-electron chi connectivity index (χ3n) is 7.32. The lowest BCUT2D eigenvalue weighted by Crippen LogP contribution is -2.51. The minimum absolute atomic E-state index is 0.0324. The van der Waals surface area contributed by atoms with Gasteiger partial charge in [-0.15, -0.1) is 0 Å². The van der Waals surface area contributed by atoms with Crippen LogP contribution in [-0.2, 0) is 31.5 Å². The molecule has 0 bridgehead atoms. The average Bonchev–Trinajstić information content (AvgIpc) is 2.84. The zero-order chi connectivity index (χ0) is 24.5. The van der Waals surface area contributed by atoms with E-state index in [1.54, 1.807) is 0 Å². The van der Waals surface area contributed by atoms with Gasteiger partial charge in [-0.05, 0) is 47.2 Å². The number of fused-ring (bicyclic) bond motifs is 1. The molecule has 7 nitrogen and oxygen atoms in total. The van der Waals surface area contributed by atoms with E-state index in [0.717, 1.165) is 61.0 Å². The number of aryl methyl sites for hydroxylation is 1. The van der Waals surface area contributed by atoms with E-state index in [2.05, 4.69) is 12.1 Å². The largest absolute Gasteiger partial charge is 0.487 e. The number of likely N-dealkylation sites (tertiary alicyclic amines) is 1. The van der Waals surface area contributed by atoms with Crippen LogP contribution in [0.25, 0.3) is 11.1 Å². The number of nitrogens with zero attached hydrogens (tertiary/aromatic N) is 1. The van der Waals surface area contributed by atoms with Crippen molar-refractivity contribution in [3.8, 4) is 16.9 Å². The first-order valence-electron chi connectivity index (χ1n) is 12.4. The number of hydrogen-bond donors (Lipinski definition) is 0. The van der Waals surface area contributed by atoms with Crippen molar-refractivity contribution in [2.75, 3.05) is 32.6 Å². The molecule has 2 fully saturated rings. The summed E-state index contributed by atoms with van der Waals surface area (Å²) in [5.41, 5.74) is 3.91. The van der Waals surface area contributed by atoms with Gasteiger partial charge in [0.15, 0.2) is 9.84 Å². The van der Waals surface area contributed by atoms with Crippen molar-refractivity contribution >= 4 is 15.9 Å². The van der Waals surface area contributed by atoms with Crippen molar-refractivity contribution in [1.82, 2.24) is 4.90 Å². The van der Waals surface area contributed by atoms with Crippen LogP contribution in [-0.4, -0.2) is 63.7 Å². The molecular formula is C27H33NO6S. The third-order valence-corrected chi connectivity index (χ3v) is 8.18. The number of hydrogen-bond acceptors (Lipinski definition) is 6. The number of carbonyl (C=O) groups is 1. The summed E-state index contributed by atoms with van der Waals surface area (Å²) >= 11 is 0. The maximum atomic E-state index is 12.6. The van der Waals surface area contributed by atoms with Crippen LogP contribution in [0.3, 0.4) is 0 Å². The fourth-order valence-corrected chi connectivity index (χ4v) is 6.05. The number of ether oxygens (including phenoxy) is 3. The van der Waals surface area contributed by atoms with Crippen LogP contribution in [0.2, 0.25) is 0 Å². The fourth-order valence-electron chi connectivity index (χ4n) is 5.26. The highest BCUT2D eigenvalue weighted by Crippen LogP contribution is 2.41. The molecular weight excluding hydrogens is 466 g/mol. The summed E-state index contributed by atoms with van der Waals surface area (Å²) < 4.78 is 40.6. The minimum atomic E-state index is -3.05. The van der Waals surface area contributed by atoms with Crippen molar-refractivity contribution in [2.24, 2.45) is 0 Å². The molecule has 1 amide bonds. The molecule has 2 saturated heterocycles. The van der Waals surface area contributed by atoms with Crippen LogP contribution in [0.1, 0.15) is 43.2 Å². The summed E-state index contributed by atoms with van der Waals surface area (Å²) in [4.78, 5) is 14.4. The molecule has 0 N–H and O–H groups in total. The number of rotatable bonds is 4. The van der Waals surface area contributed by atoms with Crippen molar-refractivity contribution in [1.29, 1.82) is 0 Å². The van der Waals surface area contributed by atoms with Gasteiger partial charge in [0.25, 0.3) is 0 Å². The van der Waals surface area contributed by atoms with Gasteiger partial charge in [0.1, 0.15) is 17.5 Å². The first-order valence-corrected chi connectivity index (χ1v) is 14.5. The predicted octanol–water partition coefficient (Wildman–Crippen LogP) is 4.37. The molecule has 35 heavy (non-hydrogen) atoms. The molecule has 0 radical (unpaired) electrons. The van der Waals surface area contributed by atoms with Crippen LogP contribution in [0, 0.1) is 0 Å². The number of carbonyl (C=O) groups excluding carboxylic acids is 1. The molecule has 1 spiro atoms. The molecule has 2 aromatic rings. The monoisotopic (exact) mass is 499 g/mol. The summed E-state index contributed by atoms with van der Waals surface area (Å²) in [5, 5.41) is 0. The molecule has 5 rings (SSSR count). The van der Waals surface area contributed by atoms with Gasteiger partial charge in [0, 0.05) is 45.0 Å². The second-order valence-electron chi connectivity index (χ2n) is 10.1. The SMILES string of the molecule is CS(=O)(=O)Cc1ccc(-c2ccc3c(c2)CCC2(CCN(C(=O)OC4CCOCC4)CC2)O3)cc1. The Labute approximate surface area is 207 Å². The van der Waals surface area contributed by atoms with Crippen LogP contribution in [0.15, 0.2) is 42.5 Å². The van der Waals surface area contributed by atoms with Gasteiger partial charge in [-0.2, -0.15) is 0 Å². The smallest absolute Gasteiger partial charge is 0.410 e. The standard InChI is InChI=1S/C27H33NO6S/c1-35(30,31)19-20-2-4-21(5-3-20)22-6-7-25-23(18-22)8-11-27(34-25)12-14-28(15-13-27)26(29)33-24-9-16-32-17-10-24/h2-7,18,24H,8-17,19H2,1H3. The molecule has 3 heterocycles. The summed E-state index contributed by atoms with van der Waals surface area (Å²) in [5.74, 6) is 0.977.